The number of carbonyl (C=O) groups is 1. The molecule has 1 N–H and O–H groups in total. The third-order valence-corrected chi connectivity index (χ3v) is 4.21. The number of rotatable bonds is 5. The van der Waals surface area contributed by atoms with E-state index >= 15 is 0 Å². The molecule has 0 spiro atoms. The quantitative estimate of drug-likeness (QED) is 0.868. The molecule has 0 aliphatic carbocycles. The second-order valence-corrected chi connectivity index (χ2v) is 6.11. The molecule has 7 nitrogen and oxygen atoms in total. The topological polar surface area (TPSA) is 88.7 Å². The number of aliphatic hydroxyl groups excluding tert-OH is 1. The minimum Gasteiger partial charge on any atom is -0.484 e. The number of amides is 1. The van der Waals surface area contributed by atoms with E-state index in [9.17, 15) is 14.3 Å². The van der Waals surface area contributed by atoms with Gasteiger partial charge in [0, 0.05) is 25.5 Å². The number of aryl methyl sites for hydroxylation is 1. The normalized spacial score (nSPS) is 20.1. The molecule has 0 unspecified atom stereocenters. The summed E-state index contributed by atoms with van der Waals surface area (Å²) in [4.78, 5) is 13.9. The van der Waals surface area contributed by atoms with Crippen LogP contribution in [0.3, 0.4) is 0 Å². The van der Waals surface area contributed by atoms with Gasteiger partial charge in [0.1, 0.15) is 17.6 Å². The average molecular weight is 370 g/mol. The molecule has 1 amide bonds. The molecular formula is C16H17ClFN3O4. The first-order chi connectivity index (χ1) is 12.0. The number of carbonyl (C=O) groups excluding carboxylic acids is 1. The number of β-amino-alcohol motifs (C(OH)–C–C–N with tert-alkyl or cyclic N) is 1. The summed E-state index contributed by atoms with van der Waals surface area (Å²) in [6.07, 6.45) is 0.232. The van der Waals surface area contributed by atoms with Crippen LogP contribution in [-0.2, 0) is 11.2 Å². The van der Waals surface area contributed by atoms with Gasteiger partial charge in [0.25, 0.3) is 5.91 Å². The van der Waals surface area contributed by atoms with E-state index in [1.807, 2.05) is 6.92 Å². The Morgan fingerprint density at radius 3 is 3.00 bits per heavy atom. The number of hydrogen-bond donors (Lipinski definition) is 1. The second kappa shape index (κ2) is 7.37. The maximum atomic E-state index is 13.1. The van der Waals surface area contributed by atoms with Gasteiger partial charge in [0.15, 0.2) is 6.61 Å². The molecule has 0 saturated carbocycles. The zero-order valence-corrected chi connectivity index (χ0v) is 14.2. The van der Waals surface area contributed by atoms with Gasteiger partial charge in [-0.05, 0) is 12.1 Å². The van der Waals surface area contributed by atoms with Crippen molar-refractivity contribution in [2.75, 3.05) is 13.2 Å². The Balaban J connectivity index is 1.67. The fraction of sp³-hybridized carbons (Fsp3) is 0.438. The molecule has 1 fully saturated rings. The van der Waals surface area contributed by atoms with Crippen molar-refractivity contribution in [3.63, 3.8) is 0 Å². The Kier molecular flexibility index (Phi) is 5.19. The van der Waals surface area contributed by atoms with Gasteiger partial charge in [0.05, 0.1) is 11.1 Å². The summed E-state index contributed by atoms with van der Waals surface area (Å²) < 4.78 is 24.0. The fourth-order valence-corrected chi connectivity index (χ4v) is 2.83. The molecule has 0 bridgehead atoms. The maximum Gasteiger partial charge on any atom is 0.261 e. The van der Waals surface area contributed by atoms with Crippen LogP contribution < -0.4 is 4.74 Å². The summed E-state index contributed by atoms with van der Waals surface area (Å²) in [6, 6.07) is 3.35. The molecular weight excluding hydrogens is 353 g/mol. The predicted octanol–water partition coefficient (Wildman–Crippen LogP) is 2.14. The summed E-state index contributed by atoms with van der Waals surface area (Å²) in [5.41, 5.74) is 0. The lowest BCUT2D eigenvalue weighted by atomic mass is 10.2. The van der Waals surface area contributed by atoms with E-state index in [-0.39, 0.29) is 29.8 Å². The monoisotopic (exact) mass is 369 g/mol. The van der Waals surface area contributed by atoms with Crippen molar-refractivity contribution in [1.82, 2.24) is 15.1 Å². The SMILES string of the molecule is CCc1nnc([C@H]2C[C@@H](O)CN2C(=O)COc2ccc(F)c(Cl)c2)o1. The number of nitrogens with zero attached hydrogens (tertiary/aromatic N) is 3. The van der Waals surface area contributed by atoms with Gasteiger partial charge in [-0.15, -0.1) is 10.2 Å². The van der Waals surface area contributed by atoms with E-state index in [4.69, 9.17) is 20.8 Å². The number of benzene rings is 1. The lowest BCUT2D eigenvalue weighted by molar-refractivity contribution is -0.135. The van der Waals surface area contributed by atoms with E-state index in [1.165, 1.54) is 17.0 Å². The minimum atomic E-state index is -0.675. The molecule has 2 atom stereocenters. The van der Waals surface area contributed by atoms with E-state index < -0.39 is 18.0 Å². The molecule has 9 heteroatoms. The smallest absolute Gasteiger partial charge is 0.261 e. The van der Waals surface area contributed by atoms with Crippen LogP contribution in [0.5, 0.6) is 5.75 Å². The molecule has 0 radical (unpaired) electrons. The van der Waals surface area contributed by atoms with Gasteiger partial charge in [0.2, 0.25) is 11.8 Å². The minimum absolute atomic E-state index is 0.0858. The van der Waals surface area contributed by atoms with Crippen molar-refractivity contribution in [3.8, 4) is 5.75 Å². The van der Waals surface area contributed by atoms with E-state index in [2.05, 4.69) is 10.2 Å². The van der Waals surface area contributed by atoms with Crippen LogP contribution in [0.1, 0.15) is 31.2 Å². The van der Waals surface area contributed by atoms with Crippen molar-refractivity contribution in [3.05, 3.63) is 40.8 Å². The van der Waals surface area contributed by atoms with Crippen molar-refractivity contribution < 1.29 is 23.4 Å². The molecule has 3 rings (SSSR count). The van der Waals surface area contributed by atoms with Crippen LogP contribution in [0, 0.1) is 5.82 Å². The molecule has 2 aromatic rings. The number of ether oxygens (including phenoxy) is 1. The Hall–Kier alpha value is -2.19. The molecule has 1 aliphatic heterocycles. The molecule has 134 valence electrons. The molecule has 1 aliphatic rings. The third-order valence-electron chi connectivity index (χ3n) is 3.92. The highest BCUT2D eigenvalue weighted by Gasteiger charge is 2.38. The van der Waals surface area contributed by atoms with Crippen molar-refractivity contribution in [2.24, 2.45) is 0 Å². The zero-order valence-electron chi connectivity index (χ0n) is 13.5. The summed E-state index contributed by atoms with van der Waals surface area (Å²) in [5, 5.41) is 17.7. The average Bonchev–Trinajstić information content (AvgIpc) is 3.21. The predicted molar refractivity (Wildman–Crippen MR) is 85.7 cm³/mol. The highest BCUT2D eigenvalue weighted by Crippen LogP contribution is 2.31. The lowest BCUT2D eigenvalue weighted by Gasteiger charge is -2.21. The van der Waals surface area contributed by atoms with E-state index in [0.29, 0.717) is 24.6 Å². The maximum absolute atomic E-state index is 13.1. The Morgan fingerprint density at radius 2 is 2.32 bits per heavy atom. The van der Waals surface area contributed by atoms with E-state index in [1.54, 1.807) is 0 Å². The van der Waals surface area contributed by atoms with Gasteiger partial charge in [-0.1, -0.05) is 18.5 Å². The first-order valence-electron chi connectivity index (χ1n) is 7.85. The van der Waals surface area contributed by atoms with Crippen LogP contribution in [0.2, 0.25) is 5.02 Å². The van der Waals surface area contributed by atoms with Crippen molar-refractivity contribution in [1.29, 1.82) is 0 Å². The first kappa shape index (κ1) is 17.6. The van der Waals surface area contributed by atoms with Crippen molar-refractivity contribution in [2.45, 2.75) is 31.9 Å². The number of likely N-dealkylation sites (tertiary alicyclic amines) is 1. The number of aromatic nitrogens is 2. The Morgan fingerprint density at radius 1 is 1.52 bits per heavy atom. The zero-order chi connectivity index (χ0) is 18.0. The molecule has 2 heterocycles. The van der Waals surface area contributed by atoms with Crippen LogP contribution in [0.25, 0.3) is 0 Å². The van der Waals surface area contributed by atoms with Gasteiger partial charge in [-0.25, -0.2) is 4.39 Å². The standard InChI is InChI=1S/C16H17ClFN3O4/c1-2-14-19-20-16(25-14)13-5-9(22)7-21(13)15(23)8-24-10-3-4-12(18)11(17)6-10/h3-4,6,9,13,22H,2,5,7-8H2,1H3/t9-,13-/m1/s1. The van der Waals surface area contributed by atoms with Gasteiger partial charge >= 0.3 is 0 Å². The number of hydrogen-bond acceptors (Lipinski definition) is 6. The summed E-state index contributed by atoms with van der Waals surface area (Å²) in [7, 11) is 0. The van der Waals surface area contributed by atoms with Gasteiger partial charge in [-0.2, -0.15) is 0 Å². The highest BCUT2D eigenvalue weighted by atomic mass is 35.5. The van der Waals surface area contributed by atoms with Crippen molar-refractivity contribution >= 4 is 17.5 Å². The molecule has 25 heavy (non-hydrogen) atoms. The third kappa shape index (κ3) is 3.91. The van der Waals surface area contributed by atoms with Gasteiger partial charge in [-0.3, -0.25) is 4.79 Å². The number of halogens is 2. The van der Waals surface area contributed by atoms with Crippen LogP contribution in [-0.4, -0.2) is 45.4 Å². The van der Waals surface area contributed by atoms with Crippen LogP contribution in [0.15, 0.2) is 22.6 Å². The largest absolute Gasteiger partial charge is 0.484 e. The highest BCUT2D eigenvalue weighted by molar-refractivity contribution is 6.30. The molecule has 1 saturated heterocycles. The number of aliphatic hydroxyl groups is 1. The first-order valence-corrected chi connectivity index (χ1v) is 8.23. The Bertz CT molecular complexity index is 770. The van der Waals surface area contributed by atoms with Crippen LogP contribution in [0.4, 0.5) is 4.39 Å². The lowest BCUT2D eigenvalue weighted by Crippen LogP contribution is -2.35. The van der Waals surface area contributed by atoms with Crippen LogP contribution >= 0.6 is 11.6 Å². The summed E-state index contributed by atoms with van der Waals surface area (Å²) in [6.45, 7) is 1.76. The van der Waals surface area contributed by atoms with Gasteiger partial charge < -0.3 is 19.2 Å². The molecule has 1 aromatic carbocycles. The second-order valence-electron chi connectivity index (χ2n) is 5.70. The van der Waals surface area contributed by atoms with E-state index in [0.717, 1.165) is 6.07 Å². The Labute approximate surface area is 148 Å². The summed E-state index contributed by atoms with van der Waals surface area (Å²) in [5.74, 6) is 0.138. The summed E-state index contributed by atoms with van der Waals surface area (Å²) >= 11 is 5.68. The molecule has 1 aromatic heterocycles. The fourth-order valence-electron chi connectivity index (χ4n) is 2.66.